The average Bonchev–Trinajstić information content (AvgIpc) is 3.21. The first-order valence-electron chi connectivity index (χ1n) is 9.37. The number of carbonyl (C=O) groups is 1. The Kier molecular flexibility index (Phi) is 5.56. The molecule has 0 fully saturated rings. The average molecular weight is 421 g/mol. The lowest BCUT2D eigenvalue weighted by atomic mass is 10.2. The lowest BCUT2D eigenvalue weighted by Gasteiger charge is -2.08. The molecule has 158 valence electrons. The standard InChI is InChI=1S/C20H19N7O4/c1-26-18(28)9-6-15(24-26)20(29)21-10-11-31-17-8-7-16-22-23-19(27(16)25-17)13-4-3-5-14(12-13)30-2/h3-9,12H,10-11H2,1-2H3,(H,21,29). The smallest absolute Gasteiger partial charge is 0.271 e. The summed E-state index contributed by atoms with van der Waals surface area (Å²) in [6.07, 6.45) is 0. The number of hydrogen-bond acceptors (Lipinski definition) is 8. The van der Waals surface area contributed by atoms with Gasteiger partial charge in [0.2, 0.25) is 5.88 Å². The largest absolute Gasteiger partial charge is 0.497 e. The minimum atomic E-state index is -0.401. The summed E-state index contributed by atoms with van der Waals surface area (Å²) in [4.78, 5) is 23.5. The molecule has 0 saturated carbocycles. The van der Waals surface area contributed by atoms with Crippen molar-refractivity contribution in [1.82, 2.24) is 34.9 Å². The molecule has 0 aliphatic rings. The molecule has 1 N–H and O–H groups in total. The number of ether oxygens (including phenoxy) is 2. The number of benzene rings is 1. The Bertz CT molecular complexity index is 1300. The molecule has 1 amide bonds. The van der Waals surface area contributed by atoms with Crippen molar-refractivity contribution in [2.45, 2.75) is 0 Å². The Morgan fingerprint density at radius 2 is 1.97 bits per heavy atom. The lowest BCUT2D eigenvalue weighted by Crippen LogP contribution is -2.31. The monoisotopic (exact) mass is 421 g/mol. The van der Waals surface area contributed by atoms with E-state index in [-0.39, 0.29) is 24.4 Å². The normalized spacial score (nSPS) is 10.8. The molecule has 0 aliphatic carbocycles. The van der Waals surface area contributed by atoms with Crippen LogP contribution in [-0.4, -0.2) is 55.8 Å². The molecule has 0 saturated heterocycles. The van der Waals surface area contributed by atoms with Crippen molar-refractivity contribution in [3.8, 4) is 23.0 Å². The number of nitrogens with one attached hydrogen (secondary N) is 1. The topological polar surface area (TPSA) is 126 Å². The number of carbonyl (C=O) groups excluding carboxylic acids is 1. The van der Waals surface area contributed by atoms with Crippen LogP contribution in [0.2, 0.25) is 0 Å². The highest BCUT2D eigenvalue weighted by molar-refractivity contribution is 5.91. The second-order valence-corrected chi connectivity index (χ2v) is 6.48. The number of rotatable bonds is 7. The van der Waals surface area contributed by atoms with E-state index in [1.807, 2.05) is 24.3 Å². The zero-order chi connectivity index (χ0) is 21.8. The minimum Gasteiger partial charge on any atom is -0.497 e. The first-order valence-corrected chi connectivity index (χ1v) is 9.37. The molecule has 1 aromatic carbocycles. The quantitative estimate of drug-likeness (QED) is 0.432. The molecule has 0 atom stereocenters. The van der Waals surface area contributed by atoms with E-state index in [2.05, 4.69) is 25.7 Å². The summed E-state index contributed by atoms with van der Waals surface area (Å²) in [6, 6.07) is 13.5. The van der Waals surface area contributed by atoms with E-state index in [0.717, 1.165) is 10.2 Å². The summed E-state index contributed by atoms with van der Waals surface area (Å²) in [7, 11) is 3.08. The molecule has 3 heterocycles. The van der Waals surface area contributed by atoms with Gasteiger partial charge in [0.25, 0.3) is 11.5 Å². The first kappa shape index (κ1) is 20.0. The van der Waals surface area contributed by atoms with E-state index in [9.17, 15) is 9.59 Å². The van der Waals surface area contributed by atoms with Gasteiger partial charge in [-0.3, -0.25) is 9.59 Å². The molecule has 0 aliphatic heterocycles. The van der Waals surface area contributed by atoms with E-state index in [1.54, 1.807) is 23.8 Å². The van der Waals surface area contributed by atoms with Crippen LogP contribution in [0.1, 0.15) is 10.5 Å². The zero-order valence-electron chi connectivity index (χ0n) is 16.8. The van der Waals surface area contributed by atoms with Gasteiger partial charge in [0.15, 0.2) is 11.5 Å². The van der Waals surface area contributed by atoms with Gasteiger partial charge >= 0.3 is 0 Å². The summed E-state index contributed by atoms with van der Waals surface area (Å²) >= 11 is 0. The first-order chi connectivity index (χ1) is 15.0. The Labute approximate surface area is 176 Å². The van der Waals surface area contributed by atoms with Crippen molar-refractivity contribution >= 4 is 11.6 Å². The molecular formula is C20H19N7O4. The van der Waals surface area contributed by atoms with Crippen LogP contribution in [-0.2, 0) is 7.05 Å². The predicted octanol–water partition coefficient (Wildman–Crippen LogP) is 0.702. The maximum Gasteiger partial charge on any atom is 0.271 e. The van der Waals surface area contributed by atoms with E-state index < -0.39 is 5.91 Å². The molecule has 4 rings (SSSR count). The fraction of sp³-hybridized carbons (Fsp3) is 0.200. The second kappa shape index (κ2) is 8.61. The van der Waals surface area contributed by atoms with Gasteiger partial charge in [0, 0.05) is 24.7 Å². The van der Waals surface area contributed by atoms with Crippen LogP contribution in [0.5, 0.6) is 11.6 Å². The van der Waals surface area contributed by atoms with Gasteiger partial charge in [-0.05, 0) is 24.3 Å². The summed E-state index contributed by atoms with van der Waals surface area (Å²) in [6.45, 7) is 0.417. The summed E-state index contributed by atoms with van der Waals surface area (Å²) in [5.41, 5.74) is 1.23. The fourth-order valence-corrected chi connectivity index (χ4v) is 2.83. The summed E-state index contributed by atoms with van der Waals surface area (Å²) in [5, 5.41) is 19.3. The summed E-state index contributed by atoms with van der Waals surface area (Å²) < 4.78 is 13.6. The minimum absolute atomic E-state index is 0.147. The Morgan fingerprint density at radius 3 is 2.77 bits per heavy atom. The van der Waals surface area contributed by atoms with Gasteiger partial charge in [-0.25, -0.2) is 4.68 Å². The highest BCUT2D eigenvalue weighted by Gasteiger charge is 2.12. The molecule has 11 heteroatoms. The maximum absolute atomic E-state index is 12.1. The second-order valence-electron chi connectivity index (χ2n) is 6.48. The van der Waals surface area contributed by atoms with Gasteiger partial charge < -0.3 is 14.8 Å². The van der Waals surface area contributed by atoms with Crippen molar-refractivity contribution in [3.05, 3.63) is 64.6 Å². The fourth-order valence-electron chi connectivity index (χ4n) is 2.83. The number of fused-ring (bicyclic) bond motifs is 1. The lowest BCUT2D eigenvalue weighted by molar-refractivity contribution is 0.0939. The van der Waals surface area contributed by atoms with Crippen LogP contribution < -0.4 is 20.3 Å². The Hall–Kier alpha value is -4.28. The van der Waals surface area contributed by atoms with Crippen molar-refractivity contribution in [2.75, 3.05) is 20.3 Å². The number of aryl methyl sites for hydroxylation is 1. The van der Waals surface area contributed by atoms with Gasteiger partial charge in [0.05, 0.1) is 13.7 Å². The van der Waals surface area contributed by atoms with E-state index in [1.165, 1.54) is 19.2 Å². The third kappa shape index (κ3) is 4.34. The zero-order valence-corrected chi connectivity index (χ0v) is 16.8. The number of hydrogen-bond donors (Lipinski definition) is 1. The molecule has 31 heavy (non-hydrogen) atoms. The predicted molar refractivity (Wildman–Crippen MR) is 110 cm³/mol. The SMILES string of the molecule is COc1cccc(-c2nnc3ccc(OCCNC(=O)c4ccc(=O)n(C)n4)nn23)c1. The Morgan fingerprint density at radius 1 is 1.10 bits per heavy atom. The van der Waals surface area contributed by atoms with E-state index in [4.69, 9.17) is 9.47 Å². The molecular weight excluding hydrogens is 402 g/mol. The van der Waals surface area contributed by atoms with Crippen molar-refractivity contribution < 1.29 is 14.3 Å². The molecule has 0 radical (unpaired) electrons. The number of nitrogens with zero attached hydrogens (tertiary/aromatic N) is 6. The van der Waals surface area contributed by atoms with Crippen LogP contribution in [0.4, 0.5) is 0 Å². The highest BCUT2D eigenvalue weighted by Crippen LogP contribution is 2.23. The van der Waals surface area contributed by atoms with Crippen molar-refractivity contribution in [3.63, 3.8) is 0 Å². The summed E-state index contributed by atoms with van der Waals surface area (Å²) in [5.74, 6) is 1.20. The number of amides is 1. The van der Waals surface area contributed by atoms with Gasteiger partial charge in [-0.1, -0.05) is 12.1 Å². The molecule has 0 unspecified atom stereocenters. The van der Waals surface area contributed by atoms with Gasteiger partial charge in [-0.15, -0.1) is 15.3 Å². The third-order valence-electron chi connectivity index (χ3n) is 4.40. The highest BCUT2D eigenvalue weighted by atomic mass is 16.5. The number of aromatic nitrogens is 6. The molecule has 0 spiro atoms. The van der Waals surface area contributed by atoms with Crippen molar-refractivity contribution in [2.24, 2.45) is 7.05 Å². The Balaban J connectivity index is 1.41. The van der Waals surface area contributed by atoms with Crippen LogP contribution in [0.15, 0.2) is 53.3 Å². The molecule has 0 bridgehead atoms. The molecule has 11 nitrogen and oxygen atoms in total. The van der Waals surface area contributed by atoms with Crippen LogP contribution >= 0.6 is 0 Å². The van der Waals surface area contributed by atoms with E-state index in [0.29, 0.717) is 23.1 Å². The van der Waals surface area contributed by atoms with Crippen molar-refractivity contribution in [1.29, 1.82) is 0 Å². The van der Waals surface area contributed by atoms with Crippen LogP contribution in [0, 0.1) is 0 Å². The molecule has 4 aromatic rings. The van der Waals surface area contributed by atoms with E-state index >= 15 is 0 Å². The maximum atomic E-state index is 12.1. The number of methoxy groups -OCH3 is 1. The van der Waals surface area contributed by atoms with Gasteiger partial charge in [-0.2, -0.15) is 9.61 Å². The van der Waals surface area contributed by atoms with Crippen LogP contribution in [0.25, 0.3) is 17.0 Å². The third-order valence-corrected chi connectivity index (χ3v) is 4.40. The van der Waals surface area contributed by atoms with Crippen LogP contribution in [0.3, 0.4) is 0 Å². The van der Waals surface area contributed by atoms with Gasteiger partial charge in [0.1, 0.15) is 18.1 Å². The molecule has 3 aromatic heterocycles.